The lowest BCUT2D eigenvalue weighted by Gasteiger charge is -2.20. The number of benzene rings is 2. The van der Waals surface area contributed by atoms with E-state index in [-0.39, 0.29) is 6.10 Å². The summed E-state index contributed by atoms with van der Waals surface area (Å²) in [6, 6.07) is 16.6. The zero-order valence-corrected chi connectivity index (χ0v) is 15.7. The van der Waals surface area contributed by atoms with E-state index in [4.69, 9.17) is 5.41 Å². The first kappa shape index (κ1) is 17.5. The van der Waals surface area contributed by atoms with Crippen molar-refractivity contribution in [1.82, 2.24) is 9.88 Å². The van der Waals surface area contributed by atoms with Gasteiger partial charge in [-0.25, -0.2) is 0 Å². The molecule has 5 heteroatoms. The average Bonchev–Trinajstić information content (AvgIpc) is 3.13. The van der Waals surface area contributed by atoms with Crippen molar-refractivity contribution in [2.75, 3.05) is 32.1 Å². The molecule has 27 heavy (non-hydrogen) atoms. The molecule has 0 unspecified atom stereocenters. The van der Waals surface area contributed by atoms with Crippen LogP contribution in [0.1, 0.15) is 12.0 Å². The van der Waals surface area contributed by atoms with Crippen LogP contribution in [-0.2, 0) is 0 Å². The Bertz CT molecular complexity index is 981. The molecular weight excluding hydrogens is 336 g/mol. The molecule has 0 radical (unpaired) electrons. The molecule has 0 amide bonds. The molecule has 1 saturated heterocycles. The topological polar surface area (TPSA) is 63.5 Å². The molecule has 1 aliphatic heterocycles. The maximum atomic E-state index is 9.81. The number of aliphatic hydroxyl groups excluding tert-OH is 1. The number of pyridine rings is 1. The summed E-state index contributed by atoms with van der Waals surface area (Å²) in [6.45, 7) is 1.24. The number of nitrogens with one attached hydrogen (secondary N) is 1. The Morgan fingerprint density at radius 1 is 1.11 bits per heavy atom. The van der Waals surface area contributed by atoms with Gasteiger partial charge in [-0.05, 0) is 47.9 Å². The summed E-state index contributed by atoms with van der Waals surface area (Å²) in [5, 5.41) is 19.4. The SMILES string of the molecule is CN(C)c1ccc(-c2ccc3nccc(C(=N)N4CC[C@@H](O)C4)c3c2)cc1. The number of fused-ring (bicyclic) bond motifs is 1. The predicted octanol–water partition coefficient (Wildman–Crippen LogP) is 3.36. The molecule has 1 aromatic heterocycles. The molecule has 0 saturated carbocycles. The first-order valence-electron chi connectivity index (χ1n) is 9.21. The normalized spacial score (nSPS) is 16.7. The summed E-state index contributed by atoms with van der Waals surface area (Å²) in [6.07, 6.45) is 2.13. The summed E-state index contributed by atoms with van der Waals surface area (Å²) < 4.78 is 0. The van der Waals surface area contributed by atoms with Crippen molar-refractivity contribution >= 4 is 22.4 Å². The van der Waals surface area contributed by atoms with Crippen LogP contribution in [-0.4, -0.2) is 54.1 Å². The highest BCUT2D eigenvalue weighted by molar-refractivity contribution is 6.08. The van der Waals surface area contributed by atoms with Gasteiger partial charge < -0.3 is 14.9 Å². The van der Waals surface area contributed by atoms with Crippen molar-refractivity contribution < 1.29 is 5.11 Å². The van der Waals surface area contributed by atoms with E-state index in [0.717, 1.165) is 46.2 Å². The molecule has 4 rings (SSSR count). The summed E-state index contributed by atoms with van der Waals surface area (Å²) in [7, 11) is 4.06. The lowest BCUT2D eigenvalue weighted by molar-refractivity contribution is 0.188. The maximum absolute atomic E-state index is 9.81. The molecule has 3 aromatic rings. The second-order valence-electron chi connectivity index (χ2n) is 7.27. The molecule has 1 atom stereocenters. The summed E-state index contributed by atoms with van der Waals surface area (Å²) >= 11 is 0. The van der Waals surface area contributed by atoms with Crippen LogP contribution in [0.5, 0.6) is 0 Å². The van der Waals surface area contributed by atoms with Crippen LogP contribution >= 0.6 is 0 Å². The number of nitrogens with zero attached hydrogens (tertiary/aromatic N) is 3. The molecule has 138 valence electrons. The van der Waals surface area contributed by atoms with Crippen molar-refractivity contribution in [3.05, 3.63) is 60.3 Å². The van der Waals surface area contributed by atoms with Gasteiger partial charge in [0, 0.05) is 50.0 Å². The van der Waals surface area contributed by atoms with E-state index in [1.807, 2.05) is 31.1 Å². The average molecular weight is 360 g/mol. The highest BCUT2D eigenvalue weighted by atomic mass is 16.3. The van der Waals surface area contributed by atoms with Gasteiger partial charge in [-0.2, -0.15) is 0 Å². The quantitative estimate of drug-likeness (QED) is 0.555. The number of anilines is 1. The largest absolute Gasteiger partial charge is 0.391 e. The minimum absolute atomic E-state index is 0.343. The zero-order chi connectivity index (χ0) is 19.0. The molecule has 1 aliphatic rings. The van der Waals surface area contributed by atoms with Gasteiger partial charge in [-0.3, -0.25) is 10.4 Å². The van der Waals surface area contributed by atoms with Gasteiger partial charge in [0.1, 0.15) is 5.84 Å². The lowest BCUT2D eigenvalue weighted by atomic mass is 10.00. The molecule has 0 aliphatic carbocycles. The standard InChI is InChI=1S/C22H24N4O/c1-25(2)17-6-3-15(4-7-17)16-5-8-21-20(13-16)19(9-11-24-21)22(23)26-12-10-18(27)14-26/h3-9,11,13,18,23,27H,10,12,14H2,1-2H3/t18-/m1/s1. The fourth-order valence-electron chi connectivity index (χ4n) is 3.60. The Labute approximate surface area is 159 Å². The molecule has 5 nitrogen and oxygen atoms in total. The minimum atomic E-state index is -0.343. The van der Waals surface area contributed by atoms with Crippen molar-refractivity contribution in [3.8, 4) is 11.1 Å². The van der Waals surface area contributed by atoms with Crippen LogP contribution in [0.15, 0.2) is 54.7 Å². The Hall–Kier alpha value is -2.92. The molecule has 2 aromatic carbocycles. The van der Waals surface area contributed by atoms with Crippen molar-refractivity contribution in [1.29, 1.82) is 5.41 Å². The van der Waals surface area contributed by atoms with E-state index in [1.54, 1.807) is 6.20 Å². The van der Waals surface area contributed by atoms with Gasteiger partial charge in [0.15, 0.2) is 0 Å². The third-order valence-electron chi connectivity index (χ3n) is 5.19. The highest BCUT2D eigenvalue weighted by Gasteiger charge is 2.24. The summed E-state index contributed by atoms with van der Waals surface area (Å²) in [4.78, 5) is 8.49. The van der Waals surface area contributed by atoms with Crippen LogP contribution in [0.25, 0.3) is 22.0 Å². The van der Waals surface area contributed by atoms with E-state index in [1.165, 1.54) is 0 Å². The van der Waals surface area contributed by atoms with Gasteiger partial charge in [0.05, 0.1) is 11.6 Å². The number of β-amino-alcohol motifs (C(OH)–C–C–N with tert-alkyl or cyclic N) is 1. The molecule has 0 bridgehead atoms. The monoisotopic (exact) mass is 360 g/mol. The fourth-order valence-corrected chi connectivity index (χ4v) is 3.60. The van der Waals surface area contributed by atoms with Gasteiger partial charge >= 0.3 is 0 Å². The number of rotatable bonds is 3. The minimum Gasteiger partial charge on any atom is -0.391 e. The predicted molar refractivity (Wildman–Crippen MR) is 111 cm³/mol. The number of aromatic nitrogens is 1. The maximum Gasteiger partial charge on any atom is 0.128 e. The Balaban J connectivity index is 1.74. The van der Waals surface area contributed by atoms with Gasteiger partial charge in [0.25, 0.3) is 0 Å². The van der Waals surface area contributed by atoms with Crippen molar-refractivity contribution in [2.45, 2.75) is 12.5 Å². The Morgan fingerprint density at radius 2 is 1.85 bits per heavy atom. The molecular formula is C22H24N4O. The second kappa shape index (κ2) is 7.00. The van der Waals surface area contributed by atoms with E-state index < -0.39 is 0 Å². The van der Waals surface area contributed by atoms with Crippen molar-refractivity contribution in [3.63, 3.8) is 0 Å². The van der Waals surface area contributed by atoms with Crippen molar-refractivity contribution in [2.24, 2.45) is 0 Å². The Kier molecular flexibility index (Phi) is 4.54. The molecule has 0 spiro atoms. The van der Waals surface area contributed by atoms with E-state index in [9.17, 15) is 5.11 Å². The first-order valence-corrected chi connectivity index (χ1v) is 9.21. The molecule has 2 heterocycles. The molecule has 2 N–H and O–H groups in total. The lowest BCUT2D eigenvalue weighted by Crippen LogP contribution is -2.29. The van der Waals surface area contributed by atoms with Gasteiger partial charge in [-0.15, -0.1) is 0 Å². The van der Waals surface area contributed by atoms with E-state index >= 15 is 0 Å². The Morgan fingerprint density at radius 3 is 2.52 bits per heavy atom. The van der Waals surface area contributed by atoms with E-state index in [0.29, 0.717) is 12.4 Å². The van der Waals surface area contributed by atoms with Crippen LogP contribution < -0.4 is 4.90 Å². The number of hydrogen-bond acceptors (Lipinski definition) is 4. The number of likely N-dealkylation sites (tertiary alicyclic amines) is 1. The second-order valence-corrected chi connectivity index (χ2v) is 7.27. The van der Waals surface area contributed by atoms with Crippen LogP contribution in [0, 0.1) is 5.41 Å². The fraction of sp³-hybridized carbons (Fsp3) is 0.273. The smallest absolute Gasteiger partial charge is 0.128 e. The van der Waals surface area contributed by atoms with Gasteiger partial charge in [-0.1, -0.05) is 18.2 Å². The van der Waals surface area contributed by atoms with Crippen LogP contribution in [0.4, 0.5) is 5.69 Å². The third-order valence-corrected chi connectivity index (χ3v) is 5.19. The summed E-state index contributed by atoms with van der Waals surface area (Å²) in [5.41, 5.74) is 5.15. The van der Waals surface area contributed by atoms with Gasteiger partial charge in [0.2, 0.25) is 0 Å². The zero-order valence-electron chi connectivity index (χ0n) is 15.7. The van der Waals surface area contributed by atoms with Crippen LogP contribution in [0.3, 0.4) is 0 Å². The first-order chi connectivity index (χ1) is 13.0. The number of aliphatic hydroxyl groups is 1. The van der Waals surface area contributed by atoms with E-state index in [2.05, 4.69) is 46.3 Å². The highest BCUT2D eigenvalue weighted by Crippen LogP contribution is 2.28. The molecule has 1 fully saturated rings. The number of amidine groups is 1. The number of hydrogen-bond donors (Lipinski definition) is 2. The summed E-state index contributed by atoms with van der Waals surface area (Å²) in [5.74, 6) is 0.457. The van der Waals surface area contributed by atoms with Crippen LogP contribution in [0.2, 0.25) is 0 Å². The third kappa shape index (κ3) is 3.38.